The zero-order valence-corrected chi connectivity index (χ0v) is 25.6. The van der Waals surface area contributed by atoms with Crippen LogP contribution in [-0.2, 0) is 14.4 Å². The number of thioether (sulfide) groups is 1. The van der Waals surface area contributed by atoms with Crippen molar-refractivity contribution in [3.63, 3.8) is 0 Å². The number of amides is 3. The van der Waals surface area contributed by atoms with Crippen LogP contribution >= 0.6 is 46.7 Å². The number of rotatable bonds is 8. The van der Waals surface area contributed by atoms with Crippen molar-refractivity contribution in [2.75, 3.05) is 11.5 Å². The molecular formula is C26H19N7O8S4. The Balaban J connectivity index is 1.31. The molecule has 4 aromatic rings. The van der Waals surface area contributed by atoms with E-state index in [9.17, 15) is 39.4 Å². The predicted molar refractivity (Wildman–Crippen MR) is 168 cm³/mol. The number of carbonyl (C=O) groups is 4. The number of nitrogens with one attached hydrogen (secondary N) is 2. The first-order chi connectivity index (χ1) is 21.4. The molecule has 19 heteroatoms. The highest BCUT2D eigenvalue weighted by molar-refractivity contribution is 8.00. The summed E-state index contributed by atoms with van der Waals surface area (Å²) in [5, 5.41) is 36.6. The molecular weight excluding hydrogens is 667 g/mol. The van der Waals surface area contributed by atoms with Gasteiger partial charge < -0.3 is 31.8 Å². The fourth-order valence-electron chi connectivity index (χ4n) is 4.87. The number of carbonyl (C=O) groups excluding carboxylic acids is 3. The second-order valence-corrected chi connectivity index (χ2v) is 12.9. The number of nitrogens with zero attached hydrogens (tertiary/aromatic N) is 4. The van der Waals surface area contributed by atoms with Crippen molar-refractivity contribution < 1.29 is 34.6 Å². The molecule has 1 fully saturated rings. The summed E-state index contributed by atoms with van der Waals surface area (Å²) in [4.78, 5) is 74.6. The molecule has 6 rings (SSSR count). The van der Waals surface area contributed by atoms with Crippen LogP contribution in [0, 0.1) is 0 Å². The maximum Gasteiger partial charge on any atom is 0.353 e. The molecule has 3 aromatic heterocycles. The van der Waals surface area contributed by atoms with E-state index in [1.165, 1.54) is 28.5 Å². The quantitative estimate of drug-likeness (QED) is 0.0871. The molecule has 15 nitrogen and oxygen atoms in total. The number of benzene rings is 1. The Labute approximate surface area is 269 Å². The summed E-state index contributed by atoms with van der Waals surface area (Å²) in [6.07, 6.45) is 0.604. The lowest BCUT2D eigenvalue weighted by Gasteiger charge is -2.55. The number of carboxylic acid groups (broad SMARTS) is 1. The summed E-state index contributed by atoms with van der Waals surface area (Å²) < 4.78 is 1.04. The number of anilines is 1. The van der Waals surface area contributed by atoms with Crippen molar-refractivity contribution in [2.24, 2.45) is 0 Å². The molecule has 5 heterocycles. The minimum Gasteiger partial charge on any atom is -0.503 e. The average molecular weight is 686 g/mol. The molecule has 0 radical (unpaired) electrons. The summed E-state index contributed by atoms with van der Waals surface area (Å²) in [5.74, 6) is -4.94. The van der Waals surface area contributed by atoms with E-state index in [4.69, 9.17) is 18.0 Å². The number of pyridine rings is 1. The highest BCUT2D eigenvalue weighted by Crippen LogP contribution is 2.48. The lowest BCUT2D eigenvalue weighted by molar-refractivity contribution is -0.154. The van der Waals surface area contributed by atoms with Crippen molar-refractivity contribution in [1.82, 2.24) is 30.2 Å². The van der Waals surface area contributed by atoms with Gasteiger partial charge in [-0.1, -0.05) is 24.4 Å². The van der Waals surface area contributed by atoms with Crippen LogP contribution in [0.15, 0.2) is 52.4 Å². The first kappa shape index (κ1) is 30.2. The van der Waals surface area contributed by atoms with Gasteiger partial charge in [-0.25, -0.2) is 14.8 Å². The van der Waals surface area contributed by atoms with Crippen LogP contribution in [0.2, 0.25) is 0 Å². The molecule has 3 amide bonds. The van der Waals surface area contributed by atoms with Gasteiger partial charge in [-0.05, 0) is 12.1 Å². The fraction of sp³-hybridized carbons (Fsp3) is 0.154. The largest absolute Gasteiger partial charge is 0.503 e. The Hall–Kier alpha value is -4.85. The average Bonchev–Trinajstić information content (AvgIpc) is 3.65. The summed E-state index contributed by atoms with van der Waals surface area (Å²) in [6, 6.07) is 6.34. The molecule has 1 aromatic carbocycles. The third-order valence-corrected chi connectivity index (χ3v) is 10.5. The van der Waals surface area contributed by atoms with Crippen LogP contribution < -0.4 is 21.8 Å². The van der Waals surface area contributed by atoms with Gasteiger partial charge in [-0.3, -0.25) is 24.1 Å². The highest BCUT2D eigenvalue weighted by Gasteiger charge is 2.65. The van der Waals surface area contributed by atoms with E-state index in [0.717, 1.165) is 26.3 Å². The summed E-state index contributed by atoms with van der Waals surface area (Å²) in [5.41, 5.74) is 3.03. The van der Waals surface area contributed by atoms with Crippen LogP contribution in [-0.4, -0.2) is 80.7 Å². The van der Waals surface area contributed by atoms with E-state index in [-0.39, 0.29) is 27.0 Å². The summed E-state index contributed by atoms with van der Waals surface area (Å²) in [6.45, 7) is 0. The van der Waals surface area contributed by atoms with Crippen molar-refractivity contribution in [3.05, 3.63) is 74.2 Å². The Kier molecular flexibility index (Phi) is 7.55. The van der Waals surface area contributed by atoms with Gasteiger partial charge in [-0.15, -0.1) is 34.4 Å². The van der Waals surface area contributed by atoms with Crippen molar-refractivity contribution >= 4 is 96.6 Å². The van der Waals surface area contributed by atoms with Gasteiger partial charge in [-0.2, -0.15) is 4.73 Å². The number of β-lactam (4-membered cyclic amide) rings is 1. The molecule has 0 aliphatic carbocycles. The fourth-order valence-corrected chi connectivity index (χ4v) is 8.37. The Morgan fingerprint density at radius 3 is 2.64 bits per heavy atom. The van der Waals surface area contributed by atoms with E-state index in [2.05, 4.69) is 20.6 Å². The Morgan fingerprint density at radius 1 is 1.22 bits per heavy atom. The first-order valence-corrected chi connectivity index (χ1v) is 15.9. The van der Waals surface area contributed by atoms with E-state index in [1.807, 2.05) is 18.2 Å². The van der Waals surface area contributed by atoms with Crippen LogP contribution in [0.1, 0.15) is 27.2 Å². The second-order valence-electron chi connectivity index (χ2n) is 9.70. The zero-order chi connectivity index (χ0) is 32.2. The van der Waals surface area contributed by atoms with Crippen molar-refractivity contribution in [2.45, 2.75) is 17.0 Å². The van der Waals surface area contributed by atoms with E-state index in [0.29, 0.717) is 28.4 Å². The molecule has 0 bridgehead atoms. The normalized spacial score (nSPS) is 19.9. The maximum absolute atomic E-state index is 13.8. The van der Waals surface area contributed by atoms with Gasteiger partial charge in [0.15, 0.2) is 22.5 Å². The van der Waals surface area contributed by atoms with Crippen LogP contribution in [0.25, 0.3) is 15.8 Å². The maximum atomic E-state index is 13.8. The third-order valence-electron chi connectivity index (χ3n) is 7.00. The number of carboxylic acids is 1. The summed E-state index contributed by atoms with van der Waals surface area (Å²) in [7, 11) is 0. The van der Waals surface area contributed by atoms with Crippen LogP contribution in [0.3, 0.4) is 0 Å². The second kappa shape index (κ2) is 11.3. The number of aromatic hydroxyl groups is 1. The number of thiazole rings is 2. The molecule has 7 N–H and O–H groups in total. The number of aliphatic carboxylic acids is 1. The molecule has 0 saturated carbocycles. The number of para-hydroxylation sites is 1. The van der Waals surface area contributed by atoms with Crippen molar-refractivity contribution in [1.29, 1.82) is 0 Å². The molecule has 1 saturated heterocycles. The van der Waals surface area contributed by atoms with Crippen LogP contribution in [0.4, 0.5) is 5.13 Å². The SMILES string of the molecule is Nc1nc(C(NC(=O)c2cc(=O)c(O)cn2O)C(=O)N[C@@]2(C=S)C(=O)N3C(C(=O)O)=C(c4nc5ccccc5s4)CS[C@@H]32)cs1. The predicted octanol–water partition coefficient (Wildman–Crippen LogP) is 1.18. The molecule has 45 heavy (non-hydrogen) atoms. The third kappa shape index (κ3) is 4.98. The molecule has 0 spiro atoms. The Bertz CT molecular complexity index is 2000. The molecule has 1 unspecified atom stereocenters. The lowest BCUT2D eigenvalue weighted by atomic mass is 9.87. The van der Waals surface area contributed by atoms with Crippen molar-refractivity contribution in [3.8, 4) is 5.75 Å². The monoisotopic (exact) mass is 685 g/mol. The molecule has 2 aliphatic heterocycles. The molecule has 3 atom stereocenters. The Morgan fingerprint density at radius 2 is 1.98 bits per heavy atom. The van der Waals surface area contributed by atoms with E-state index < -0.39 is 57.5 Å². The highest BCUT2D eigenvalue weighted by atomic mass is 32.2. The van der Waals surface area contributed by atoms with E-state index >= 15 is 0 Å². The first-order valence-electron chi connectivity index (χ1n) is 12.7. The number of hydrogen-bond donors (Lipinski definition) is 6. The topological polar surface area (TPSA) is 230 Å². The lowest BCUT2D eigenvalue weighted by Crippen LogP contribution is -2.80. The molecule has 2 aliphatic rings. The molecule has 230 valence electrons. The number of aromatic nitrogens is 3. The van der Waals surface area contributed by atoms with Gasteiger partial charge in [0.1, 0.15) is 21.8 Å². The number of nitrogens with two attached hydrogens (primary N) is 1. The standard InChI is InChI=1S/C26H19N7O8S4/c27-25-29-12(8-44-25)17(30-19(36)13-5-14(34)15(35)6-32(13)41)20(37)31-26(9-42)23(40)33-18(22(38)39)10(7-43-24(26)33)21-28-11-3-1-2-4-16(11)45-21/h1-6,8-9,17,24,35,41H,7H2,(H2,27,29)(H,30,36)(H,31,37)(H,38,39)/t17?,24-,26+/m1/s1. The number of hydrogen-bond acceptors (Lipinski definition) is 14. The van der Waals surface area contributed by atoms with Gasteiger partial charge >= 0.3 is 5.97 Å². The van der Waals surface area contributed by atoms with Gasteiger partial charge in [0.2, 0.25) is 11.3 Å². The number of nitrogen functional groups attached to an aromatic ring is 1. The summed E-state index contributed by atoms with van der Waals surface area (Å²) >= 11 is 8.62. The van der Waals surface area contributed by atoms with Gasteiger partial charge in [0.25, 0.3) is 11.8 Å². The van der Waals surface area contributed by atoms with E-state index in [1.54, 1.807) is 6.07 Å². The smallest absolute Gasteiger partial charge is 0.353 e. The minimum atomic E-state index is -1.85. The number of thiocarbonyl (C=S) groups is 1. The number of fused-ring (bicyclic) bond motifs is 2. The zero-order valence-electron chi connectivity index (χ0n) is 22.4. The minimum absolute atomic E-state index is 0.0300. The van der Waals surface area contributed by atoms with Gasteiger partial charge in [0.05, 0.1) is 22.1 Å². The van der Waals surface area contributed by atoms with Crippen LogP contribution in [0.5, 0.6) is 5.75 Å². The van der Waals surface area contributed by atoms with Gasteiger partial charge in [0, 0.05) is 28.1 Å².